The zero-order valence-corrected chi connectivity index (χ0v) is 22.6. The van der Waals surface area contributed by atoms with Gasteiger partial charge in [0.05, 0.1) is 17.6 Å². The Balaban J connectivity index is 1.72. The Kier molecular flexibility index (Phi) is 6.90. The van der Waals surface area contributed by atoms with Crippen LogP contribution in [0.1, 0.15) is 88.2 Å². The summed E-state index contributed by atoms with van der Waals surface area (Å²) in [5.41, 5.74) is -3.17. The van der Waals surface area contributed by atoms with Crippen molar-refractivity contribution in [1.29, 1.82) is 0 Å². The van der Waals surface area contributed by atoms with Crippen LogP contribution in [-0.2, 0) is 32.0 Å². The van der Waals surface area contributed by atoms with E-state index in [0.717, 1.165) is 0 Å². The third-order valence-corrected chi connectivity index (χ3v) is 8.91. The molecule has 3 aliphatic carbocycles. The number of aliphatic hydroxyl groups excluding tert-OH is 1. The van der Waals surface area contributed by atoms with E-state index in [9.17, 15) is 39.3 Å². The highest BCUT2D eigenvalue weighted by Gasteiger charge is 2.71. The molecule has 38 heavy (non-hydrogen) atoms. The molecule has 0 radical (unpaired) electrons. The number of ketones is 5. The Morgan fingerprint density at radius 3 is 2.37 bits per heavy atom. The molecule has 0 spiro atoms. The van der Waals surface area contributed by atoms with Crippen molar-refractivity contribution in [3.63, 3.8) is 0 Å². The van der Waals surface area contributed by atoms with Crippen LogP contribution < -0.4 is 0 Å². The number of aromatic hydroxyl groups is 1. The number of benzene rings is 1. The summed E-state index contributed by atoms with van der Waals surface area (Å²) in [6, 6.07) is 3.31. The number of allylic oxidation sites excluding steroid dienone is 1. The van der Waals surface area contributed by atoms with E-state index in [1.165, 1.54) is 13.8 Å². The molecule has 1 saturated carbocycles. The van der Waals surface area contributed by atoms with E-state index in [1.807, 2.05) is 0 Å². The normalized spacial score (nSPS) is 31.4. The zero-order chi connectivity index (χ0) is 28.4. The van der Waals surface area contributed by atoms with Crippen molar-refractivity contribution < 1.29 is 39.3 Å². The van der Waals surface area contributed by atoms with E-state index in [-0.39, 0.29) is 72.5 Å². The average molecular weight is 525 g/mol. The molecule has 8 nitrogen and oxygen atoms in total. The molecule has 0 heterocycles. The van der Waals surface area contributed by atoms with Crippen LogP contribution in [0.4, 0.5) is 0 Å². The monoisotopic (exact) mass is 524 g/mol. The predicted molar refractivity (Wildman–Crippen MR) is 138 cm³/mol. The van der Waals surface area contributed by atoms with E-state index in [2.05, 4.69) is 0 Å². The number of aliphatic hydroxyl groups is 2. The van der Waals surface area contributed by atoms with Gasteiger partial charge in [-0.15, -0.1) is 0 Å². The van der Waals surface area contributed by atoms with Gasteiger partial charge in [-0.25, -0.2) is 0 Å². The maximum absolute atomic E-state index is 14.0. The fourth-order valence-electron chi connectivity index (χ4n) is 7.39. The molecule has 0 bridgehead atoms. The number of phenols is 1. The van der Waals surface area contributed by atoms with Crippen molar-refractivity contribution in [3.8, 4) is 5.75 Å². The number of rotatable bonds is 7. The highest BCUT2D eigenvalue weighted by Crippen LogP contribution is 2.61. The summed E-state index contributed by atoms with van der Waals surface area (Å²) in [4.78, 5) is 65.1. The topological polar surface area (TPSA) is 146 Å². The van der Waals surface area contributed by atoms with Gasteiger partial charge in [0.1, 0.15) is 17.3 Å². The molecular weight excluding hydrogens is 488 g/mol. The third-order valence-electron chi connectivity index (χ3n) is 8.91. The van der Waals surface area contributed by atoms with Crippen molar-refractivity contribution in [2.45, 2.75) is 91.3 Å². The van der Waals surface area contributed by atoms with Gasteiger partial charge in [0.15, 0.2) is 17.2 Å². The molecule has 0 amide bonds. The first-order valence-electron chi connectivity index (χ1n) is 13.2. The lowest BCUT2D eigenvalue weighted by Crippen LogP contribution is -2.71. The molecule has 5 atom stereocenters. The molecular formula is C30H36O8. The quantitative estimate of drug-likeness (QED) is 0.462. The molecule has 1 fully saturated rings. The van der Waals surface area contributed by atoms with E-state index < -0.39 is 45.8 Å². The van der Waals surface area contributed by atoms with Gasteiger partial charge < -0.3 is 20.1 Å². The SMILES string of the molecule is CC(=O)CCCC(=O)Cc1ccc2c(c1O)C(=O)C1C(=O)C3(O)C(=O)C(C(C)O)=C(C)CC3(C)CC1(C)C2. The average Bonchev–Trinajstić information content (AvgIpc) is 2.77. The number of fused-ring (bicyclic) bond motifs is 3. The van der Waals surface area contributed by atoms with Crippen LogP contribution in [0.3, 0.4) is 0 Å². The number of carbonyl (C=O) groups excluding carboxylic acids is 5. The number of carbonyl (C=O) groups is 5. The van der Waals surface area contributed by atoms with E-state index >= 15 is 0 Å². The summed E-state index contributed by atoms with van der Waals surface area (Å²) in [5.74, 6) is -4.36. The van der Waals surface area contributed by atoms with Crippen LogP contribution >= 0.6 is 0 Å². The molecule has 8 heteroatoms. The van der Waals surface area contributed by atoms with Gasteiger partial charge in [-0.1, -0.05) is 31.6 Å². The van der Waals surface area contributed by atoms with Gasteiger partial charge >= 0.3 is 0 Å². The minimum absolute atomic E-state index is 0.000921. The first-order valence-corrected chi connectivity index (χ1v) is 13.2. The summed E-state index contributed by atoms with van der Waals surface area (Å²) in [5, 5.41) is 33.1. The first-order chi connectivity index (χ1) is 17.6. The van der Waals surface area contributed by atoms with Crippen LogP contribution in [0.2, 0.25) is 0 Å². The molecule has 5 unspecified atom stereocenters. The molecule has 0 aliphatic heterocycles. The summed E-state index contributed by atoms with van der Waals surface area (Å²) in [6.45, 7) is 8.06. The Hall–Kier alpha value is -2.97. The summed E-state index contributed by atoms with van der Waals surface area (Å²) in [6.07, 6.45) is 0.260. The second kappa shape index (κ2) is 9.35. The predicted octanol–water partition coefficient (Wildman–Crippen LogP) is 3.00. The lowest BCUT2D eigenvalue weighted by atomic mass is 9.44. The van der Waals surface area contributed by atoms with E-state index in [0.29, 0.717) is 17.6 Å². The summed E-state index contributed by atoms with van der Waals surface area (Å²) < 4.78 is 0. The van der Waals surface area contributed by atoms with E-state index in [4.69, 9.17) is 0 Å². The van der Waals surface area contributed by atoms with Crippen LogP contribution in [0, 0.1) is 16.7 Å². The number of hydrogen-bond donors (Lipinski definition) is 3. The summed E-state index contributed by atoms with van der Waals surface area (Å²) in [7, 11) is 0. The molecule has 204 valence electrons. The maximum Gasteiger partial charge on any atom is 0.201 e. The standard InChI is InChI=1S/C30H36O8/c1-15-12-29(5)14-28(4)13-19-10-9-18(11-20(33)8-6-7-16(2)31)24(34)22(19)25(35)23(28)27(37)30(29,38)26(36)21(15)17(3)32/h9-10,17,23,32,34,38H,6-8,11-14H2,1-5H3. The Morgan fingerprint density at radius 1 is 1.11 bits per heavy atom. The zero-order valence-electron chi connectivity index (χ0n) is 22.6. The van der Waals surface area contributed by atoms with Gasteiger partial charge in [-0.3, -0.25) is 19.2 Å². The Bertz CT molecular complexity index is 1300. The highest BCUT2D eigenvalue weighted by molar-refractivity contribution is 6.27. The van der Waals surface area contributed by atoms with Gasteiger partial charge in [-0.05, 0) is 57.4 Å². The minimum atomic E-state index is -2.48. The number of phenolic OH excluding ortho intramolecular Hbond substituents is 1. The van der Waals surface area contributed by atoms with Crippen LogP contribution in [0.25, 0.3) is 0 Å². The lowest BCUT2D eigenvalue weighted by molar-refractivity contribution is -0.184. The highest BCUT2D eigenvalue weighted by atomic mass is 16.3. The molecule has 0 aromatic heterocycles. The van der Waals surface area contributed by atoms with Crippen molar-refractivity contribution >= 4 is 28.9 Å². The minimum Gasteiger partial charge on any atom is -0.507 e. The maximum atomic E-state index is 14.0. The molecule has 4 rings (SSSR count). The number of hydrogen-bond acceptors (Lipinski definition) is 8. The molecule has 1 aromatic rings. The largest absolute Gasteiger partial charge is 0.507 e. The Labute approximate surface area is 222 Å². The van der Waals surface area contributed by atoms with Crippen molar-refractivity contribution in [3.05, 3.63) is 40.0 Å². The van der Waals surface area contributed by atoms with E-state index in [1.54, 1.807) is 32.9 Å². The second-order valence-electron chi connectivity index (χ2n) is 12.2. The van der Waals surface area contributed by atoms with Crippen LogP contribution in [0.15, 0.2) is 23.3 Å². The van der Waals surface area contributed by atoms with Crippen LogP contribution in [0.5, 0.6) is 5.75 Å². The van der Waals surface area contributed by atoms with Crippen molar-refractivity contribution in [2.24, 2.45) is 16.7 Å². The van der Waals surface area contributed by atoms with Crippen molar-refractivity contribution in [2.75, 3.05) is 0 Å². The van der Waals surface area contributed by atoms with Crippen molar-refractivity contribution in [1.82, 2.24) is 0 Å². The molecule has 3 N–H and O–H groups in total. The smallest absolute Gasteiger partial charge is 0.201 e. The van der Waals surface area contributed by atoms with Gasteiger partial charge in [-0.2, -0.15) is 0 Å². The third kappa shape index (κ3) is 4.09. The van der Waals surface area contributed by atoms with Gasteiger partial charge in [0, 0.05) is 35.8 Å². The fourth-order valence-corrected chi connectivity index (χ4v) is 7.39. The molecule has 0 saturated heterocycles. The first kappa shape index (κ1) is 28.0. The number of Topliss-reactive ketones (excluding diaryl/α,β-unsaturated/α-hetero) is 5. The van der Waals surface area contributed by atoms with Gasteiger partial charge in [0.2, 0.25) is 5.78 Å². The Morgan fingerprint density at radius 2 is 1.76 bits per heavy atom. The second-order valence-corrected chi connectivity index (χ2v) is 12.2. The fraction of sp³-hybridized carbons (Fsp3) is 0.567. The van der Waals surface area contributed by atoms with Crippen LogP contribution in [-0.4, -0.2) is 55.9 Å². The molecule has 1 aromatic carbocycles. The lowest BCUT2D eigenvalue weighted by Gasteiger charge is -2.58. The summed E-state index contributed by atoms with van der Waals surface area (Å²) >= 11 is 0. The van der Waals surface area contributed by atoms with Gasteiger partial charge in [0.25, 0.3) is 0 Å². The molecule has 3 aliphatic rings.